The van der Waals surface area contributed by atoms with Crippen LogP contribution in [-0.4, -0.2) is 25.4 Å². The van der Waals surface area contributed by atoms with Gasteiger partial charge in [0.25, 0.3) is 5.91 Å². The SMILES string of the molecule is COc1ccc(C(=O)NCC(C)(C)CCl)cc1Br. The van der Waals surface area contributed by atoms with E-state index in [0.717, 1.165) is 4.47 Å². The smallest absolute Gasteiger partial charge is 0.251 e. The maximum atomic E-state index is 11.9. The van der Waals surface area contributed by atoms with Crippen molar-refractivity contribution in [3.63, 3.8) is 0 Å². The Morgan fingerprint density at radius 1 is 1.50 bits per heavy atom. The molecule has 3 nitrogen and oxygen atoms in total. The van der Waals surface area contributed by atoms with E-state index in [0.29, 0.717) is 23.7 Å². The summed E-state index contributed by atoms with van der Waals surface area (Å²) >= 11 is 9.17. The second kappa shape index (κ2) is 6.43. The molecule has 1 N–H and O–H groups in total. The van der Waals surface area contributed by atoms with Crippen LogP contribution in [0.1, 0.15) is 24.2 Å². The van der Waals surface area contributed by atoms with Crippen molar-refractivity contribution < 1.29 is 9.53 Å². The molecular weight excluding hydrogens is 318 g/mol. The van der Waals surface area contributed by atoms with Gasteiger partial charge in [0.1, 0.15) is 5.75 Å². The summed E-state index contributed by atoms with van der Waals surface area (Å²) in [4.78, 5) is 11.9. The maximum absolute atomic E-state index is 11.9. The van der Waals surface area contributed by atoms with E-state index >= 15 is 0 Å². The van der Waals surface area contributed by atoms with Crippen molar-refractivity contribution in [2.45, 2.75) is 13.8 Å². The van der Waals surface area contributed by atoms with Gasteiger partial charge in [0.2, 0.25) is 0 Å². The summed E-state index contributed by atoms with van der Waals surface area (Å²) in [6.45, 7) is 4.55. The molecule has 100 valence electrons. The Labute approximate surface area is 121 Å². The highest BCUT2D eigenvalue weighted by Gasteiger charge is 2.18. The highest BCUT2D eigenvalue weighted by atomic mass is 79.9. The summed E-state index contributed by atoms with van der Waals surface area (Å²) in [5, 5.41) is 2.87. The number of carbonyl (C=O) groups excluding carboxylic acids is 1. The van der Waals surface area contributed by atoms with E-state index in [2.05, 4.69) is 21.2 Å². The Balaban J connectivity index is 2.71. The fraction of sp³-hybridized carbons (Fsp3) is 0.462. The van der Waals surface area contributed by atoms with Crippen molar-refractivity contribution in [2.24, 2.45) is 5.41 Å². The third-order valence-corrected chi connectivity index (χ3v) is 3.85. The van der Waals surface area contributed by atoms with Crippen molar-refractivity contribution in [1.29, 1.82) is 0 Å². The summed E-state index contributed by atoms with van der Waals surface area (Å²) in [6.07, 6.45) is 0. The molecule has 1 aromatic rings. The monoisotopic (exact) mass is 333 g/mol. The van der Waals surface area contributed by atoms with E-state index < -0.39 is 0 Å². The number of amides is 1. The first-order valence-electron chi connectivity index (χ1n) is 5.57. The molecule has 5 heteroatoms. The van der Waals surface area contributed by atoms with Gasteiger partial charge in [0.15, 0.2) is 0 Å². The third kappa shape index (κ3) is 4.18. The molecule has 0 spiro atoms. The quantitative estimate of drug-likeness (QED) is 0.838. The maximum Gasteiger partial charge on any atom is 0.251 e. The van der Waals surface area contributed by atoms with E-state index in [4.69, 9.17) is 16.3 Å². The third-order valence-electron chi connectivity index (χ3n) is 2.50. The fourth-order valence-electron chi connectivity index (χ4n) is 1.28. The van der Waals surface area contributed by atoms with E-state index in [1.807, 2.05) is 13.8 Å². The Morgan fingerprint density at radius 2 is 2.17 bits per heavy atom. The van der Waals surface area contributed by atoms with Gasteiger partial charge in [-0.15, -0.1) is 11.6 Å². The summed E-state index contributed by atoms with van der Waals surface area (Å²) in [5.41, 5.74) is 0.481. The van der Waals surface area contributed by atoms with Crippen LogP contribution < -0.4 is 10.1 Å². The number of alkyl halides is 1. The van der Waals surface area contributed by atoms with Gasteiger partial charge in [-0.2, -0.15) is 0 Å². The van der Waals surface area contributed by atoms with Gasteiger partial charge in [0, 0.05) is 18.0 Å². The molecule has 0 radical (unpaired) electrons. The Kier molecular flexibility index (Phi) is 5.47. The largest absolute Gasteiger partial charge is 0.496 e. The lowest BCUT2D eigenvalue weighted by molar-refractivity contribution is 0.0940. The van der Waals surface area contributed by atoms with Gasteiger partial charge in [-0.25, -0.2) is 0 Å². The van der Waals surface area contributed by atoms with E-state index in [1.54, 1.807) is 25.3 Å². The Morgan fingerprint density at radius 3 is 2.67 bits per heavy atom. The molecule has 0 aliphatic carbocycles. The Hall–Kier alpha value is -0.740. The molecule has 0 saturated heterocycles. The fourth-order valence-corrected chi connectivity index (χ4v) is 1.91. The minimum atomic E-state index is -0.114. The molecule has 0 aliphatic rings. The number of halogens is 2. The number of carbonyl (C=O) groups is 1. The average Bonchev–Trinajstić information content (AvgIpc) is 2.36. The minimum absolute atomic E-state index is 0.110. The zero-order valence-corrected chi connectivity index (χ0v) is 13.1. The number of methoxy groups -OCH3 is 1. The van der Waals surface area contributed by atoms with Crippen LogP contribution in [0, 0.1) is 5.41 Å². The van der Waals surface area contributed by atoms with Gasteiger partial charge in [-0.3, -0.25) is 4.79 Å². The lowest BCUT2D eigenvalue weighted by atomic mass is 9.96. The van der Waals surface area contributed by atoms with Crippen LogP contribution in [0.2, 0.25) is 0 Å². The highest BCUT2D eigenvalue weighted by molar-refractivity contribution is 9.10. The molecule has 0 bridgehead atoms. The number of benzene rings is 1. The van der Waals surface area contributed by atoms with Crippen molar-refractivity contribution in [3.8, 4) is 5.75 Å². The standard InChI is InChI=1S/C13H17BrClNO2/c1-13(2,7-15)8-16-12(17)9-4-5-11(18-3)10(14)6-9/h4-6H,7-8H2,1-3H3,(H,16,17). The van der Waals surface area contributed by atoms with Gasteiger partial charge in [-0.05, 0) is 39.5 Å². The first-order chi connectivity index (χ1) is 8.39. The van der Waals surface area contributed by atoms with Crippen LogP contribution in [0.3, 0.4) is 0 Å². The molecule has 1 aromatic carbocycles. The predicted octanol–water partition coefficient (Wildman–Crippen LogP) is 3.45. The van der Waals surface area contributed by atoms with Gasteiger partial charge in [0.05, 0.1) is 11.6 Å². The lowest BCUT2D eigenvalue weighted by Gasteiger charge is -2.21. The molecule has 18 heavy (non-hydrogen) atoms. The van der Waals surface area contributed by atoms with Crippen LogP contribution in [0.5, 0.6) is 5.75 Å². The lowest BCUT2D eigenvalue weighted by Crippen LogP contribution is -2.34. The molecule has 0 unspecified atom stereocenters. The Bertz CT molecular complexity index is 435. The first-order valence-corrected chi connectivity index (χ1v) is 6.90. The van der Waals surface area contributed by atoms with Gasteiger partial charge in [-0.1, -0.05) is 13.8 Å². The normalized spacial score (nSPS) is 11.2. The van der Waals surface area contributed by atoms with Crippen molar-refractivity contribution in [1.82, 2.24) is 5.32 Å². The molecule has 0 fully saturated rings. The predicted molar refractivity (Wildman–Crippen MR) is 77.5 cm³/mol. The van der Waals surface area contributed by atoms with Crippen LogP contribution in [0.25, 0.3) is 0 Å². The minimum Gasteiger partial charge on any atom is -0.496 e. The van der Waals surface area contributed by atoms with Crippen molar-refractivity contribution in [2.75, 3.05) is 19.5 Å². The zero-order valence-electron chi connectivity index (χ0n) is 10.7. The second-order valence-electron chi connectivity index (χ2n) is 4.83. The molecule has 0 saturated carbocycles. The molecule has 0 aromatic heterocycles. The highest BCUT2D eigenvalue weighted by Crippen LogP contribution is 2.25. The van der Waals surface area contributed by atoms with E-state index in [1.165, 1.54) is 0 Å². The first kappa shape index (κ1) is 15.3. The topological polar surface area (TPSA) is 38.3 Å². The van der Waals surface area contributed by atoms with Crippen LogP contribution in [-0.2, 0) is 0 Å². The number of hydrogen-bond donors (Lipinski definition) is 1. The van der Waals surface area contributed by atoms with Crippen LogP contribution in [0.15, 0.2) is 22.7 Å². The van der Waals surface area contributed by atoms with E-state index in [-0.39, 0.29) is 11.3 Å². The van der Waals surface area contributed by atoms with E-state index in [9.17, 15) is 4.79 Å². The zero-order chi connectivity index (χ0) is 13.8. The molecule has 1 rings (SSSR count). The number of rotatable bonds is 5. The van der Waals surface area contributed by atoms with Crippen molar-refractivity contribution >= 4 is 33.4 Å². The summed E-state index contributed by atoms with van der Waals surface area (Å²) in [5.74, 6) is 1.09. The second-order valence-corrected chi connectivity index (χ2v) is 5.95. The molecular formula is C13H17BrClNO2. The molecule has 0 heterocycles. The molecule has 0 atom stereocenters. The van der Waals surface area contributed by atoms with Gasteiger partial charge >= 0.3 is 0 Å². The van der Waals surface area contributed by atoms with Crippen LogP contribution >= 0.6 is 27.5 Å². The molecule has 0 aliphatic heterocycles. The summed E-state index contributed by atoms with van der Waals surface area (Å²) < 4.78 is 5.87. The van der Waals surface area contributed by atoms with Gasteiger partial charge < -0.3 is 10.1 Å². The van der Waals surface area contributed by atoms with Crippen molar-refractivity contribution in [3.05, 3.63) is 28.2 Å². The number of nitrogens with one attached hydrogen (secondary N) is 1. The number of ether oxygens (including phenoxy) is 1. The summed E-state index contributed by atoms with van der Waals surface area (Å²) in [6, 6.07) is 5.22. The number of hydrogen-bond acceptors (Lipinski definition) is 2. The summed E-state index contributed by atoms with van der Waals surface area (Å²) in [7, 11) is 1.59. The average molecular weight is 335 g/mol. The van der Waals surface area contributed by atoms with Crippen LogP contribution in [0.4, 0.5) is 0 Å². The molecule has 1 amide bonds.